The Hall–Kier alpha value is -2.79. The minimum Gasteiger partial charge on any atom is -0.0622 e. The first-order chi connectivity index (χ1) is 30.6. The van der Waals surface area contributed by atoms with Gasteiger partial charge in [0.25, 0.3) is 0 Å². The maximum absolute atomic E-state index is 5.80. The smallest absolute Gasteiger partial charge is 0.0134 e. The van der Waals surface area contributed by atoms with Crippen molar-refractivity contribution >= 4 is 88.7 Å². The van der Waals surface area contributed by atoms with Crippen molar-refractivity contribution in [3.05, 3.63) is 280 Å². The second-order valence-electron chi connectivity index (χ2n) is 15.9. The summed E-state index contributed by atoms with van der Waals surface area (Å²) < 4.78 is 0. The van der Waals surface area contributed by atoms with Crippen molar-refractivity contribution in [3.8, 4) is 0 Å². The summed E-state index contributed by atoms with van der Waals surface area (Å²) in [5.41, 5.74) is 0. The van der Waals surface area contributed by atoms with E-state index in [0.29, 0.717) is 0 Å². The van der Waals surface area contributed by atoms with Gasteiger partial charge in [0.2, 0.25) is 0 Å². The van der Waals surface area contributed by atoms with E-state index in [2.05, 4.69) is 280 Å². The Morgan fingerprint density at radius 3 is 0.409 bits per heavy atom. The van der Waals surface area contributed by atoms with Crippen molar-refractivity contribution in [2.45, 2.75) is 0 Å². The van der Waals surface area contributed by atoms with Crippen LogP contribution >= 0.6 is 41.0 Å². The predicted octanol–water partition coefficient (Wildman–Crippen LogP) is 12.7. The Morgan fingerprint density at radius 2 is 0.333 bits per heavy atom. The third-order valence-corrected chi connectivity index (χ3v) is 16.5. The molecule has 66 heavy (non-hydrogen) atoms. The third-order valence-electron chi connectivity index (χ3n) is 9.13. The van der Waals surface area contributed by atoms with Gasteiger partial charge in [0.1, 0.15) is 0 Å². The van der Waals surface area contributed by atoms with Gasteiger partial charge in [0, 0.05) is 44.8 Å². The second kappa shape index (κ2) is 30.0. The van der Waals surface area contributed by atoms with Gasteiger partial charge < -0.3 is 0 Å². The molecule has 0 heterocycles. The average Bonchev–Trinajstić information content (AvgIpc) is 3.32. The van der Waals surface area contributed by atoms with Crippen molar-refractivity contribution < 1.29 is 67.1 Å². The molecule has 0 atom stereocenters. The molecule has 0 saturated heterocycles. The summed E-state index contributed by atoms with van der Waals surface area (Å²) in [5, 5.41) is 12.6. The number of rotatable bonds is 9. The van der Waals surface area contributed by atoms with Crippen molar-refractivity contribution in [1.82, 2.24) is 0 Å². The van der Waals surface area contributed by atoms with Gasteiger partial charge in [-0.1, -0.05) is 273 Å². The van der Waals surface area contributed by atoms with E-state index < -0.39 is 29.7 Å². The minimum atomic E-state index is -1.83. The fourth-order valence-corrected chi connectivity index (χ4v) is 13.5. The number of benzene rings is 9. The number of hydrogen-bond acceptors (Lipinski definition) is 0. The average molecular weight is 1500 g/mol. The molecule has 348 valence electrons. The summed E-state index contributed by atoms with van der Waals surface area (Å²) in [6, 6.07) is 97.0. The van der Waals surface area contributed by atoms with Crippen LogP contribution in [0, 0.1) is 6.66 Å². The molecule has 8 heteroatoms. The van der Waals surface area contributed by atoms with Crippen LogP contribution in [0.5, 0.6) is 0 Å². The van der Waals surface area contributed by atoms with Crippen LogP contribution in [-0.4, -0.2) is 20.0 Å². The fraction of sp³-hybridized carbons (Fsp3) is 0.0517. The van der Waals surface area contributed by atoms with Crippen LogP contribution in [0.15, 0.2) is 273 Å². The second-order valence-corrected chi connectivity index (χ2v) is 32.2. The number of hydrogen-bond donors (Lipinski definition) is 0. The van der Waals surface area contributed by atoms with Crippen molar-refractivity contribution in [3.63, 3.8) is 0 Å². The minimum absolute atomic E-state index is 0. The summed E-state index contributed by atoms with van der Waals surface area (Å²) in [7, 11) is -1.34. The van der Waals surface area contributed by atoms with E-state index in [-0.39, 0.29) is 67.1 Å². The van der Waals surface area contributed by atoms with Gasteiger partial charge in [-0.2, -0.15) is 0 Å². The standard InChI is InChI=1S/3C18H15P.C4H11ClP.3Au/c3*1-4-10-16(11-5-1)19(17-12-6-2-7-13-17)18-14-8-3-9-15-18;1-6(2,3,4)5;;;/h3*1-15H;1H2,2-4H3;;;/q;;;-1;;;+1. The van der Waals surface area contributed by atoms with Gasteiger partial charge in [0.15, 0.2) is 0 Å². The molecule has 0 aliphatic rings. The largest absolute Gasteiger partial charge is 0.0622 e. The van der Waals surface area contributed by atoms with Crippen LogP contribution in [0.4, 0.5) is 0 Å². The van der Waals surface area contributed by atoms with Gasteiger partial charge in [0.05, 0.1) is 0 Å². The van der Waals surface area contributed by atoms with E-state index in [0.717, 1.165) is 0 Å². The van der Waals surface area contributed by atoms with E-state index in [9.17, 15) is 0 Å². The number of halogens is 1. The topological polar surface area (TPSA) is 0 Å². The molecular weight excluding hydrogens is 1450 g/mol. The third kappa shape index (κ3) is 20.0. The molecule has 9 aromatic carbocycles. The Balaban J connectivity index is 0.000000242. The zero-order valence-corrected chi connectivity index (χ0v) is 48.1. The molecule has 0 unspecified atom stereocenters. The van der Waals surface area contributed by atoms with E-state index in [1.165, 1.54) is 47.7 Å². The SMILES string of the molecule is [Au+].[Au].[Au].[CH2-]P(C)(C)(C)Cl.c1ccc(P(c2ccccc2)c2ccccc2)cc1.c1ccc(P(c2ccccc2)c2ccccc2)cc1.c1ccc(P(c2ccccc2)c2ccccc2)cc1. The summed E-state index contributed by atoms with van der Waals surface area (Å²) >= 11 is 5.80. The van der Waals surface area contributed by atoms with Crippen LogP contribution in [-0.2, 0) is 67.1 Å². The molecule has 2 radical (unpaired) electrons. The Labute approximate surface area is 451 Å². The van der Waals surface area contributed by atoms with E-state index in [1.54, 1.807) is 0 Å². The first kappa shape index (κ1) is 57.5. The quantitative estimate of drug-likeness (QED) is 0.0768. The Kier molecular flexibility index (Phi) is 26.1. The van der Waals surface area contributed by atoms with Gasteiger partial charge in [-0.3, -0.25) is 0 Å². The molecule has 0 fully saturated rings. The molecule has 0 nitrogen and oxygen atoms in total. The molecule has 0 aliphatic carbocycles. The van der Waals surface area contributed by atoms with Gasteiger partial charge in [-0.15, -0.1) is 0 Å². The van der Waals surface area contributed by atoms with E-state index in [4.69, 9.17) is 11.2 Å². The first-order valence-corrected chi connectivity index (χ1v) is 29.7. The maximum atomic E-state index is 5.80. The van der Waals surface area contributed by atoms with E-state index >= 15 is 0 Å². The molecule has 0 N–H and O–H groups in total. The zero-order chi connectivity index (χ0) is 44.2. The fourth-order valence-electron chi connectivity index (χ4n) is 6.54. The molecule has 0 aromatic heterocycles. The summed E-state index contributed by atoms with van der Waals surface area (Å²) in [6.45, 7) is 9.78. The first-order valence-electron chi connectivity index (χ1n) is 21.0. The molecule has 0 bridgehead atoms. The molecule has 0 amide bonds. The van der Waals surface area contributed by atoms with Crippen molar-refractivity contribution in [2.24, 2.45) is 0 Å². The van der Waals surface area contributed by atoms with Crippen molar-refractivity contribution in [1.29, 1.82) is 0 Å². The van der Waals surface area contributed by atoms with Crippen LogP contribution in [0.2, 0.25) is 0 Å². The summed E-state index contributed by atoms with van der Waals surface area (Å²) in [5.74, 6) is -1.83. The molecule has 0 aliphatic heterocycles. The summed E-state index contributed by atoms with van der Waals surface area (Å²) in [4.78, 5) is 0. The van der Waals surface area contributed by atoms with Crippen LogP contribution < -0.4 is 47.7 Å². The zero-order valence-electron chi connectivity index (χ0n) is 37.3. The van der Waals surface area contributed by atoms with Crippen molar-refractivity contribution in [2.75, 3.05) is 20.0 Å². The molecule has 9 rings (SSSR count). The molecule has 0 saturated carbocycles. The van der Waals surface area contributed by atoms with Crippen LogP contribution in [0.3, 0.4) is 0 Å². The monoisotopic (exact) mass is 1500 g/mol. The Morgan fingerprint density at radius 1 is 0.258 bits per heavy atom. The van der Waals surface area contributed by atoms with E-state index in [1.807, 2.05) is 20.0 Å². The van der Waals surface area contributed by atoms with Crippen LogP contribution in [0.25, 0.3) is 0 Å². The van der Waals surface area contributed by atoms with Gasteiger partial charge in [-0.25, -0.2) is 0 Å². The molecular formula is C58H56Au3ClP4. The summed E-state index contributed by atoms with van der Waals surface area (Å²) in [6.07, 6.45) is 0. The molecule has 9 aromatic rings. The molecule has 0 spiro atoms. The van der Waals surface area contributed by atoms with Gasteiger partial charge in [-0.05, 0) is 71.5 Å². The predicted molar refractivity (Wildman–Crippen MR) is 291 cm³/mol. The van der Waals surface area contributed by atoms with Crippen LogP contribution in [0.1, 0.15) is 0 Å². The maximum Gasteiger partial charge on any atom is -0.0134 e. The Bertz CT molecular complexity index is 2030. The normalized spacial score (nSPS) is 10.9. The van der Waals surface area contributed by atoms with Gasteiger partial charge >= 0.3 is 66.2 Å².